The maximum absolute atomic E-state index is 14.1. The van der Waals surface area contributed by atoms with Crippen molar-refractivity contribution in [3.05, 3.63) is 71.2 Å². The molecule has 2 aromatic heterocycles. The van der Waals surface area contributed by atoms with Crippen LogP contribution >= 0.6 is 0 Å². The van der Waals surface area contributed by atoms with Crippen molar-refractivity contribution in [2.75, 3.05) is 36.6 Å². The number of hydrogen-bond donors (Lipinski definition) is 1. The van der Waals surface area contributed by atoms with Gasteiger partial charge in [0.1, 0.15) is 5.75 Å². The molecule has 1 aromatic carbocycles. The van der Waals surface area contributed by atoms with Crippen LogP contribution in [0.3, 0.4) is 0 Å². The summed E-state index contributed by atoms with van der Waals surface area (Å²) in [5, 5.41) is 3.99. The van der Waals surface area contributed by atoms with Crippen molar-refractivity contribution in [2.24, 2.45) is 5.10 Å². The van der Waals surface area contributed by atoms with Gasteiger partial charge in [0.15, 0.2) is 11.6 Å². The number of alkyl halides is 3. The number of morpholine rings is 1. The Hall–Kier alpha value is -2.36. The fourth-order valence-electron chi connectivity index (χ4n) is 2.96. The second kappa shape index (κ2) is 12.6. The molecule has 178 valence electrons. The van der Waals surface area contributed by atoms with E-state index in [0.717, 1.165) is 18.3 Å². The van der Waals surface area contributed by atoms with E-state index in [-0.39, 0.29) is 74.7 Å². The van der Waals surface area contributed by atoms with Crippen LogP contribution in [0.4, 0.5) is 35.1 Å². The second-order valence-corrected chi connectivity index (χ2v) is 6.96. The molecule has 1 aliphatic rings. The van der Waals surface area contributed by atoms with Gasteiger partial charge in [0, 0.05) is 13.1 Å². The molecule has 0 unspecified atom stereocenters. The van der Waals surface area contributed by atoms with E-state index in [9.17, 15) is 17.6 Å². The standard InChI is InChI=1S/C21H18F4N7O2.K/c22-17-13-26-20(29-19(17)32-7-9-33-10-8-32)30-27-12-15-4-2-6-18(28-15)31-34-16-5-1-3-14(11-16)21(23,24)25;/h1-6,11-13H,7-10H2,(H-,26,28,29,30,31);/q-1;+1/b27-12+;. The molecule has 0 saturated carbocycles. The van der Waals surface area contributed by atoms with E-state index in [1.807, 2.05) is 0 Å². The molecule has 0 aliphatic carbocycles. The Morgan fingerprint density at radius 3 is 2.66 bits per heavy atom. The zero-order chi connectivity index (χ0) is 24.0. The van der Waals surface area contributed by atoms with Crippen molar-refractivity contribution in [2.45, 2.75) is 6.18 Å². The molecule has 14 heteroatoms. The van der Waals surface area contributed by atoms with Gasteiger partial charge < -0.3 is 19.5 Å². The van der Waals surface area contributed by atoms with Crippen LogP contribution in [0.15, 0.2) is 53.8 Å². The molecule has 9 nitrogen and oxygen atoms in total. The number of ether oxygens (including phenoxy) is 1. The predicted octanol–water partition coefficient (Wildman–Crippen LogP) is 1.32. The number of aromatic nitrogens is 3. The number of benzene rings is 1. The average Bonchev–Trinajstić information content (AvgIpc) is 2.84. The van der Waals surface area contributed by atoms with Crippen molar-refractivity contribution in [3.63, 3.8) is 0 Å². The minimum Gasteiger partial charge on any atom is -0.456 e. The smallest absolute Gasteiger partial charge is 0.456 e. The van der Waals surface area contributed by atoms with Crippen molar-refractivity contribution in [3.8, 4) is 5.75 Å². The topological polar surface area (TPSA) is 98.9 Å². The van der Waals surface area contributed by atoms with Gasteiger partial charge >= 0.3 is 57.6 Å². The summed E-state index contributed by atoms with van der Waals surface area (Å²) in [5.41, 5.74) is 5.89. The Labute approximate surface area is 240 Å². The number of anilines is 2. The Bertz CT molecular complexity index is 1160. The molecule has 3 heterocycles. The van der Waals surface area contributed by atoms with Gasteiger partial charge in [0.2, 0.25) is 5.95 Å². The molecular weight excluding hydrogens is 497 g/mol. The van der Waals surface area contributed by atoms with E-state index in [4.69, 9.17) is 9.57 Å². The largest absolute Gasteiger partial charge is 1.00 e. The normalized spacial score (nSPS) is 13.9. The molecule has 0 bridgehead atoms. The van der Waals surface area contributed by atoms with Crippen LogP contribution in [0.2, 0.25) is 0 Å². The van der Waals surface area contributed by atoms with Gasteiger partial charge in [-0.1, -0.05) is 24.3 Å². The van der Waals surface area contributed by atoms with Gasteiger partial charge in [-0.3, -0.25) is 5.48 Å². The van der Waals surface area contributed by atoms with Crippen molar-refractivity contribution in [1.82, 2.24) is 15.0 Å². The Morgan fingerprint density at radius 1 is 1.11 bits per heavy atom. The molecule has 4 rings (SSSR count). The molecule has 1 aliphatic heterocycles. The average molecular weight is 516 g/mol. The number of pyridine rings is 1. The van der Waals surface area contributed by atoms with Gasteiger partial charge in [-0.25, -0.2) is 14.8 Å². The molecule has 35 heavy (non-hydrogen) atoms. The summed E-state index contributed by atoms with van der Waals surface area (Å²) in [6.45, 7) is 1.99. The van der Waals surface area contributed by atoms with Crippen LogP contribution in [-0.2, 0) is 10.9 Å². The minimum atomic E-state index is -4.49. The van der Waals surface area contributed by atoms with E-state index in [2.05, 4.69) is 31.0 Å². The Balaban J connectivity index is 0.00000342. The van der Waals surface area contributed by atoms with E-state index in [0.29, 0.717) is 32.0 Å². The first-order valence-corrected chi connectivity index (χ1v) is 10.1. The maximum atomic E-state index is 14.1. The predicted molar refractivity (Wildman–Crippen MR) is 116 cm³/mol. The summed E-state index contributed by atoms with van der Waals surface area (Å²) in [7, 11) is 0. The fraction of sp³-hybridized carbons (Fsp3) is 0.238. The van der Waals surface area contributed by atoms with E-state index in [1.165, 1.54) is 24.4 Å². The monoisotopic (exact) mass is 515 g/mol. The maximum Gasteiger partial charge on any atom is 1.00 e. The molecule has 0 spiro atoms. The van der Waals surface area contributed by atoms with Crippen LogP contribution < -0.4 is 66.5 Å². The van der Waals surface area contributed by atoms with E-state index < -0.39 is 17.6 Å². The second-order valence-electron chi connectivity index (χ2n) is 6.96. The van der Waals surface area contributed by atoms with Crippen molar-refractivity contribution in [1.29, 1.82) is 0 Å². The number of hydrogen-bond acceptors (Lipinski definition) is 8. The van der Waals surface area contributed by atoms with Crippen LogP contribution in [0.1, 0.15) is 11.3 Å². The third-order valence-electron chi connectivity index (χ3n) is 4.56. The van der Waals surface area contributed by atoms with E-state index in [1.54, 1.807) is 17.0 Å². The molecular formula is C21H18F4KN7O2. The van der Waals surface area contributed by atoms with Crippen molar-refractivity contribution >= 4 is 23.8 Å². The zero-order valence-electron chi connectivity index (χ0n) is 18.5. The van der Waals surface area contributed by atoms with Crippen LogP contribution in [-0.4, -0.2) is 47.5 Å². The quantitative estimate of drug-likeness (QED) is 0.219. The zero-order valence-corrected chi connectivity index (χ0v) is 21.7. The fourth-order valence-corrected chi connectivity index (χ4v) is 2.96. The molecule has 0 radical (unpaired) electrons. The third kappa shape index (κ3) is 7.81. The number of halogens is 4. The summed E-state index contributed by atoms with van der Waals surface area (Å²) in [6.07, 6.45) is -2.08. The van der Waals surface area contributed by atoms with Gasteiger partial charge in [0.25, 0.3) is 0 Å². The van der Waals surface area contributed by atoms with Gasteiger partial charge in [0.05, 0.1) is 31.2 Å². The van der Waals surface area contributed by atoms with Crippen LogP contribution in [0.25, 0.3) is 5.48 Å². The summed E-state index contributed by atoms with van der Waals surface area (Å²) in [4.78, 5) is 19.0. The first-order chi connectivity index (χ1) is 16.4. The van der Waals surface area contributed by atoms with E-state index >= 15 is 0 Å². The first-order valence-electron chi connectivity index (χ1n) is 10.1. The van der Waals surface area contributed by atoms with Crippen LogP contribution in [0, 0.1) is 5.82 Å². The summed E-state index contributed by atoms with van der Waals surface area (Å²) in [5.74, 6) is -0.265. The number of rotatable bonds is 7. The summed E-state index contributed by atoms with van der Waals surface area (Å²) in [6, 6.07) is 9.10. The summed E-state index contributed by atoms with van der Waals surface area (Å²) < 4.78 is 57.8. The molecule has 1 saturated heterocycles. The van der Waals surface area contributed by atoms with Gasteiger partial charge in [-0.15, -0.1) is 0 Å². The molecule has 1 N–H and O–H groups in total. The molecule has 0 atom stereocenters. The SMILES string of the molecule is Fc1cnc(N/N=C/c2cccc([N-]Oc3cccc(C(F)(F)F)c3)n2)nc1N1CCOCC1.[K+]. The third-order valence-corrected chi connectivity index (χ3v) is 4.56. The number of nitrogens with one attached hydrogen (secondary N) is 1. The van der Waals surface area contributed by atoms with Gasteiger partial charge in [-0.2, -0.15) is 23.3 Å². The molecule has 0 amide bonds. The molecule has 3 aromatic rings. The Kier molecular flexibility index (Phi) is 9.77. The first kappa shape index (κ1) is 27.2. The summed E-state index contributed by atoms with van der Waals surface area (Å²) >= 11 is 0. The van der Waals surface area contributed by atoms with Gasteiger partial charge in [-0.05, 0) is 29.7 Å². The number of hydrazone groups is 1. The Morgan fingerprint density at radius 2 is 1.89 bits per heavy atom. The van der Waals surface area contributed by atoms with Crippen molar-refractivity contribution < 1.29 is 78.5 Å². The van der Waals surface area contributed by atoms with Crippen LogP contribution in [0.5, 0.6) is 5.75 Å². The minimum absolute atomic E-state index is 0. The molecule has 1 fully saturated rings. The number of nitrogens with zero attached hydrogens (tertiary/aromatic N) is 6.